The van der Waals surface area contributed by atoms with Crippen LogP contribution in [0.4, 0.5) is 0 Å². The predicted molar refractivity (Wildman–Crippen MR) is 131 cm³/mol. The molecule has 0 unspecified atom stereocenters. The summed E-state index contributed by atoms with van der Waals surface area (Å²) < 4.78 is 5.94. The van der Waals surface area contributed by atoms with Crippen LogP contribution in [-0.2, 0) is 9.07 Å². The first kappa shape index (κ1) is 24.7. The minimum absolute atomic E-state index is 0.00141. The molecule has 0 N–H and O–H groups in total. The Hall–Kier alpha value is -1.93. The number of benzene rings is 1. The molecule has 32 heavy (non-hydrogen) atoms. The van der Waals surface area contributed by atoms with Crippen LogP contribution in [0, 0.1) is 11.8 Å². The predicted octanol–water partition coefficient (Wildman–Crippen LogP) is 6.07. The van der Waals surface area contributed by atoms with Gasteiger partial charge in [-0.2, -0.15) is 4.73 Å². The Labute approximate surface area is 200 Å². The fourth-order valence-corrected chi connectivity index (χ4v) is 4.89. The molecule has 0 amide bonds. The van der Waals surface area contributed by atoms with Gasteiger partial charge in [0, 0.05) is 31.1 Å². The Balaban J connectivity index is 2.02. The molecule has 0 radical (unpaired) electrons. The third-order valence-corrected chi connectivity index (χ3v) is 6.95. The summed E-state index contributed by atoms with van der Waals surface area (Å²) in [5.41, 5.74) is 2.74. The van der Waals surface area contributed by atoms with E-state index in [9.17, 15) is 4.79 Å². The van der Waals surface area contributed by atoms with Crippen molar-refractivity contribution in [1.29, 1.82) is 0 Å². The van der Waals surface area contributed by atoms with Gasteiger partial charge in [0.1, 0.15) is 11.4 Å². The zero-order chi connectivity index (χ0) is 23.1. The highest BCUT2D eigenvalue weighted by Gasteiger charge is 2.31. The molecule has 0 bridgehead atoms. The number of nitrogens with zero attached hydrogens (tertiary/aromatic N) is 1. The van der Waals surface area contributed by atoms with Crippen LogP contribution in [0.5, 0.6) is 0 Å². The van der Waals surface area contributed by atoms with E-state index in [2.05, 4.69) is 11.8 Å². The third-order valence-electron chi connectivity index (χ3n) is 6.16. The topological polar surface area (TPSA) is 40.5 Å². The molecule has 172 valence electrons. The van der Waals surface area contributed by atoms with Crippen LogP contribution in [0.3, 0.4) is 0 Å². The molecule has 0 spiro atoms. The quantitative estimate of drug-likeness (QED) is 0.360. The smallest absolute Gasteiger partial charge is 0.193 e. The normalized spacial score (nSPS) is 18.7. The Morgan fingerprint density at radius 2 is 1.78 bits per heavy atom. The number of aromatic nitrogens is 1. The average molecular weight is 476 g/mol. The van der Waals surface area contributed by atoms with Crippen LogP contribution in [0.15, 0.2) is 41.5 Å². The average Bonchev–Trinajstić information content (AvgIpc) is 2.82. The summed E-state index contributed by atoms with van der Waals surface area (Å²) >= 11 is 13.6. The highest BCUT2D eigenvalue weighted by Crippen LogP contribution is 2.43. The van der Waals surface area contributed by atoms with Crippen molar-refractivity contribution in [3.8, 4) is 23.0 Å². The molecule has 1 aromatic heterocycles. The zero-order valence-corrected chi connectivity index (χ0v) is 20.5. The van der Waals surface area contributed by atoms with E-state index in [0.29, 0.717) is 24.0 Å². The van der Waals surface area contributed by atoms with Crippen LogP contribution in [0.1, 0.15) is 68.9 Å². The van der Waals surface area contributed by atoms with Crippen molar-refractivity contribution in [2.45, 2.75) is 68.2 Å². The highest BCUT2D eigenvalue weighted by atomic mass is 35.5. The first-order chi connectivity index (χ1) is 15.4. The maximum absolute atomic E-state index is 13.7. The van der Waals surface area contributed by atoms with E-state index in [4.69, 9.17) is 32.8 Å². The van der Waals surface area contributed by atoms with Gasteiger partial charge in [-0.15, -0.1) is 11.8 Å². The summed E-state index contributed by atoms with van der Waals surface area (Å²) in [5.74, 6) is 6.31. The van der Waals surface area contributed by atoms with Gasteiger partial charge in [0.2, 0.25) is 0 Å². The SMILES string of the molecule is CCC#CCCC(Cl)(Cl)c1ccccc1-c1cn(OC)cc(C2CCC(OC)CC2)c1=O. The third kappa shape index (κ3) is 5.70. The van der Waals surface area contributed by atoms with E-state index in [1.807, 2.05) is 31.2 Å². The van der Waals surface area contributed by atoms with Crippen LogP contribution >= 0.6 is 23.2 Å². The van der Waals surface area contributed by atoms with Crippen molar-refractivity contribution in [2.24, 2.45) is 0 Å². The number of methoxy groups -OCH3 is 1. The number of alkyl halides is 2. The van der Waals surface area contributed by atoms with Crippen molar-refractivity contribution >= 4 is 23.2 Å². The van der Waals surface area contributed by atoms with E-state index in [-0.39, 0.29) is 17.5 Å². The molecular formula is C26H31Cl2NO3. The lowest BCUT2D eigenvalue weighted by Crippen LogP contribution is -2.26. The van der Waals surface area contributed by atoms with Gasteiger partial charge in [0.05, 0.1) is 18.5 Å². The number of hydrogen-bond donors (Lipinski definition) is 0. The van der Waals surface area contributed by atoms with Gasteiger partial charge in [0.15, 0.2) is 5.43 Å². The monoisotopic (exact) mass is 475 g/mol. The molecule has 4 nitrogen and oxygen atoms in total. The Kier molecular flexibility index (Phi) is 8.71. The molecule has 1 saturated carbocycles. The molecule has 1 fully saturated rings. The second kappa shape index (κ2) is 11.3. The van der Waals surface area contributed by atoms with Gasteiger partial charge in [-0.3, -0.25) is 4.79 Å². The fourth-order valence-electron chi connectivity index (χ4n) is 4.38. The molecule has 6 heteroatoms. The van der Waals surface area contributed by atoms with Gasteiger partial charge >= 0.3 is 0 Å². The second-order valence-corrected chi connectivity index (χ2v) is 9.65. The molecule has 0 atom stereocenters. The molecule has 0 saturated heterocycles. The number of hydrogen-bond acceptors (Lipinski definition) is 3. The number of ether oxygens (including phenoxy) is 1. The van der Waals surface area contributed by atoms with Crippen molar-refractivity contribution in [1.82, 2.24) is 4.73 Å². The summed E-state index contributed by atoms with van der Waals surface area (Å²) in [7, 11) is 3.34. The summed E-state index contributed by atoms with van der Waals surface area (Å²) in [6, 6.07) is 7.57. The second-order valence-electron chi connectivity index (χ2n) is 8.17. The van der Waals surface area contributed by atoms with E-state index in [0.717, 1.165) is 43.2 Å². The van der Waals surface area contributed by atoms with E-state index < -0.39 is 4.33 Å². The van der Waals surface area contributed by atoms with Crippen molar-refractivity contribution in [3.63, 3.8) is 0 Å². The molecule has 0 aliphatic heterocycles. The first-order valence-corrected chi connectivity index (χ1v) is 11.9. The van der Waals surface area contributed by atoms with Crippen molar-refractivity contribution in [3.05, 3.63) is 58.0 Å². The zero-order valence-electron chi connectivity index (χ0n) is 19.0. The fraction of sp³-hybridized carbons (Fsp3) is 0.500. The summed E-state index contributed by atoms with van der Waals surface area (Å²) in [6.07, 6.45) is 9.35. The molecule has 1 aromatic carbocycles. The molecule has 1 aliphatic carbocycles. The number of pyridine rings is 1. The van der Waals surface area contributed by atoms with Crippen molar-refractivity contribution in [2.75, 3.05) is 14.2 Å². The minimum Gasteiger partial charge on any atom is -0.418 e. The molecule has 1 aliphatic rings. The summed E-state index contributed by atoms with van der Waals surface area (Å²) in [6.45, 7) is 2.01. The summed E-state index contributed by atoms with van der Waals surface area (Å²) in [4.78, 5) is 19.1. The highest BCUT2D eigenvalue weighted by molar-refractivity contribution is 6.48. The lowest BCUT2D eigenvalue weighted by Gasteiger charge is -2.28. The summed E-state index contributed by atoms with van der Waals surface area (Å²) in [5, 5.41) is 0. The number of rotatable bonds is 7. The number of halogens is 2. The standard InChI is InChI=1S/C26H31Cl2NO3/c1-4-5-6-9-16-26(27,28)24-11-8-7-10-21(24)23-18-29(32-3)17-22(25(23)30)19-12-14-20(31-2)15-13-19/h7-8,10-11,17-20H,4,9,12-16H2,1-3H3. The minimum atomic E-state index is -1.16. The first-order valence-electron chi connectivity index (χ1n) is 11.2. The Bertz CT molecular complexity index is 1030. The molecule has 1 heterocycles. The van der Waals surface area contributed by atoms with E-state index in [1.165, 1.54) is 0 Å². The van der Waals surface area contributed by atoms with E-state index in [1.54, 1.807) is 31.3 Å². The lowest BCUT2D eigenvalue weighted by molar-refractivity contribution is 0.0655. The maximum atomic E-state index is 13.7. The van der Waals surface area contributed by atoms with Crippen LogP contribution in [-0.4, -0.2) is 25.1 Å². The van der Waals surface area contributed by atoms with Gasteiger partial charge in [-0.05, 0) is 49.1 Å². The van der Waals surface area contributed by atoms with Crippen LogP contribution in [0.25, 0.3) is 11.1 Å². The molecule has 3 rings (SSSR count). The molecule has 2 aromatic rings. The Morgan fingerprint density at radius 3 is 2.44 bits per heavy atom. The van der Waals surface area contributed by atoms with Gasteiger partial charge in [0.25, 0.3) is 0 Å². The van der Waals surface area contributed by atoms with Crippen LogP contribution < -0.4 is 10.3 Å². The van der Waals surface area contributed by atoms with Crippen molar-refractivity contribution < 1.29 is 9.57 Å². The largest absolute Gasteiger partial charge is 0.418 e. The lowest BCUT2D eigenvalue weighted by atomic mass is 9.82. The Morgan fingerprint density at radius 1 is 1.06 bits per heavy atom. The van der Waals surface area contributed by atoms with E-state index >= 15 is 0 Å². The maximum Gasteiger partial charge on any atom is 0.193 e. The van der Waals surface area contributed by atoms with Gasteiger partial charge < -0.3 is 9.57 Å². The van der Waals surface area contributed by atoms with Crippen LogP contribution in [0.2, 0.25) is 0 Å². The van der Waals surface area contributed by atoms with Gasteiger partial charge in [-0.1, -0.05) is 54.4 Å². The molecular weight excluding hydrogens is 445 g/mol. The van der Waals surface area contributed by atoms with Gasteiger partial charge in [-0.25, -0.2) is 0 Å².